The first kappa shape index (κ1) is 20.1. The van der Waals surface area contributed by atoms with Crippen molar-refractivity contribution in [2.75, 3.05) is 0 Å². The second-order valence-corrected chi connectivity index (χ2v) is 11.5. The van der Waals surface area contributed by atoms with E-state index in [2.05, 4.69) is 24.3 Å². The van der Waals surface area contributed by atoms with Crippen LogP contribution < -0.4 is 0 Å². The highest BCUT2D eigenvalue weighted by Gasteiger charge is 2.18. The summed E-state index contributed by atoms with van der Waals surface area (Å²) in [6.45, 7) is 0. The molecular weight excluding hydrogens is 553 g/mol. The van der Waals surface area contributed by atoms with E-state index >= 15 is 0 Å². The van der Waals surface area contributed by atoms with Gasteiger partial charge in [0.25, 0.3) is 0 Å². The number of hydrogen-bond donors (Lipinski definition) is 0. The quantitative estimate of drug-likeness (QED) is 0.179. The van der Waals surface area contributed by atoms with Crippen molar-refractivity contribution in [1.29, 1.82) is 0 Å². The van der Waals surface area contributed by atoms with E-state index in [0.717, 1.165) is 32.7 Å². The standard InChI is InChI=1S/C46H30/c1-2-11-31(12-3-1)37-27-28-43-44(30-37)45(35-24-22-34(23-25-35)40-20-10-16-33-14-6-7-17-39(33)40)41-18-8-9-19-42(41)46(43)38-26-21-32-13-4-5-15-36(32)29-38/h1-30H/i8D,9D,18D,19D,27D,28D,30D. The van der Waals surface area contributed by atoms with E-state index in [9.17, 15) is 6.85 Å². The highest BCUT2D eigenvalue weighted by molar-refractivity contribution is 6.22. The average molecular weight is 590 g/mol. The normalized spacial score (nSPS) is 13.6. The Balaban J connectivity index is 1.47. The van der Waals surface area contributed by atoms with Gasteiger partial charge in [-0.05, 0) is 99.7 Å². The molecule has 0 nitrogen and oxygen atoms in total. The Labute approximate surface area is 278 Å². The lowest BCUT2D eigenvalue weighted by Gasteiger charge is -2.19. The Morgan fingerprint density at radius 3 is 1.74 bits per heavy atom. The van der Waals surface area contributed by atoms with E-state index in [1.807, 2.05) is 115 Å². The third-order valence-electron chi connectivity index (χ3n) is 8.87. The van der Waals surface area contributed by atoms with E-state index < -0.39 is 0 Å². The Hall–Kier alpha value is -5.98. The third-order valence-corrected chi connectivity index (χ3v) is 8.87. The first-order valence-corrected chi connectivity index (χ1v) is 15.4. The number of benzene rings is 9. The smallest absolute Gasteiger partial charge is 0.0622 e. The maximum absolute atomic E-state index is 9.86. The molecule has 0 heterocycles. The van der Waals surface area contributed by atoms with Crippen molar-refractivity contribution in [1.82, 2.24) is 0 Å². The molecule has 9 aromatic rings. The summed E-state index contributed by atoms with van der Waals surface area (Å²) in [5.41, 5.74) is 5.07. The van der Waals surface area contributed by atoms with Crippen molar-refractivity contribution in [3.63, 3.8) is 0 Å². The zero-order valence-corrected chi connectivity index (χ0v) is 24.8. The predicted octanol–water partition coefficient (Wildman–Crippen LogP) is 13.0. The Bertz CT molecular complexity index is 2950. The summed E-state index contributed by atoms with van der Waals surface area (Å²) in [5.74, 6) is 0. The molecule has 0 aliphatic carbocycles. The fourth-order valence-corrected chi connectivity index (χ4v) is 6.68. The predicted molar refractivity (Wildman–Crippen MR) is 198 cm³/mol. The highest BCUT2D eigenvalue weighted by atomic mass is 14.2. The first-order chi connectivity index (χ1) is 25.7. The second-order valence-electron chi connectivity index (χ2n) is 11.5. The molecule has 0 unspecified atom stereocenters. The minimum absolute atomic E-state index is 0.0247. The lowest BCUT2D eigenvalue weighted by atomic mass is 9.84. The molecule has 0 heteroatoms. The van der Waals surface area contributed by atoms with Crippen LogP contribution in [0.5, 0.6) is 0 Å². The minimum atomic E-state index is -0.384. The van der Waals surface area contributed by atoms with Gasteiger partial charge in [0, 0.05) is 0 Å². The van der Waals surface area contributed by atoms with Gasteiger partial charge in [-0.25, -0.2) is 0 Å². The molecule has 0 spiro atoms. The van der Waals surface area contributed by atoms with Gasteiger partial charge in [-0.3, -0.25) is 0 Å². The Morgan fingerprint density at radius 2 is 0.935 bits per heavy atom. The Kier molecular flexibility index (Phi) is 4.76. The van der Waals surface area contributed by atoms with Crippen molar-refractivity contribution in [2.24, 2.45) is 0 Å². The number of fused-ring (bicyclic) bond motifs is 4. The largest absolute Gasteiger partial charge is 0.0636 e. The van der Waals surface area contributed by atoms with Crippen molar-refractivity contribution in [3.05, 3.63) is 182 Å². The third kappa shape index (κ3) is 4.38. The molecule has 0 saturated heterocycles. The average Bonchev–Trinajstić information content (AvgIpc) is 3.20. The molecule has 0 saturated carbocycles. The van der Waals surface area contributed by atoms with Gasteiger partial charge < -0.3 is 0 Å². The van der Waals surface area contributed by atoms with E-state index in [1.165, 1.54) is 0 Å². The molecule has 0 aliphatic heterocycles. The van der Waals surface area contributed by atoms with Crippen LogP contribution in [0.25, 0.3) is 87.6 Å². The maximum atomic E-state index is 9.86. The van der Waals surface area contributed by atoms with Crippen LogP contribution in [0.3, 0.4) is 0 Å². The molecule has 0 N–H and O–H groups in total. The van der Waals surface area contributed by atoms with Crippen LogP contribution in [0.1, 0.15) is 9.60 Å². The van der Waals surface area contributed by atoms with Crippen LogP contribution in [-0.4, -0.2) is 0 Å². The molecule has 0 fully saturated rings. The van der Waals surface area contributed by atoms with Crippen molar-refractivity contribution >= 4 is 43.1 Å². The van der Waals surface area contributed by atoms with Crippen molar-refractivity contribution in [2.45, 2.75) is 0 Å². The van der Waals surface area contributed by atoms with Crippen LogP contribution in [0.4, 0.5) is 0 Å². The molecule has 0 aliphatic rings. The summed E-state index contributed by atoms with van der Waals surface area (Å²) in [6.07, 6.45) is 0. The lowest BCUT2D eigenvalue weighted by Crippen LogP contribution is -1.92. The van der Waals surface area contributed by atoms with Gasteiger partial charge in [-0.15, -0.1) is 0 Å². The van der Waals surface area contributed by atoms with Gasteiger partial charge in [-0.2, -0.15) is 0 Å². The molecule has 214 valence electrons. The highest BCUT2D eigenvalue weighted by Crippen LogP contribution is 2.45. The van der Waals surface area contributed by atoms with Gasteiger partial charge in [0.15, 0.2) is 0 Å². The monoisotopic (exact) mass is 589 g/mol. The van der Waals surface area contributed by atoms with Crippen LogP contribution in [-0.2, 0) is 0 Å². The fourth-order valence-electron chi connectivity index (χ4n) is 6.68. The summed E-state index contributed by atoms with van der Waals surface area (Å²) < 4.78 is 65.2. The first-order valence-electron chi connectivity index (χ1n) is 18.9. The summed E-state index contributed by atoms with van der Waals surface area (Å²) >= 11 is 0. The molecular formula is C46H30. The Morgan fingerprint density at radius 1 is 0.326 bits per heavy atom. The molecule has 0 bridgehead atoms. The summed E-state index contributed by atoms with van der Waals surface area (Å²) in [7, 11) is 0. The molecule has 0 aromatic heterocycles. The van der Waals surface area contributed by atoms with Gasteiger partial charge >= 0.3 is 0 Å². The number of rotatable bonds is 4. The summed E-state index contributed by atoms with van der Waals surface area (Å²) in [5, 5.41) is 5.34. The minimum Gasteiger partial charge on any atom is -0.0622 e. The molecule has 0 atom stereocenters. The van der Waals surface area contributed by atoms with Gasteiger partial charge in [-0.1, -0.05) is 170 Å². The summed E-state index contributed by atoms with van der Waals surface area (Å²) in [4.78, 5) is 0. The van der Waals surface area contributed by atoms with Crippen LogP contribution in [0.15, 0.2) is 182 Å². The van der Waals surface area contributed by atoms with Crippen LogP contribution in [0, 0.1) is 0 Å². The van der Waals surface area contributed by atoms with Gasteiger partial charge in [0.05, 0.1) is 9.60 Å². The van der Waals surface area contributed by atoms with Crippen molar-refractivity contribution in [3.8, 4) is 44.5 Å². The maximum Gasteiger partial charge on any atom is 0.0636 e. The van der Waals surface area contributed by atoms with Crippen LogP contribution in [0.2, 0.25) is 0 Å². The van der Waals surface area contributed by atoms with Crippen LogP contribution >= 0.6 is 0 Å². The second kappa shape index (κ2) is 10.9. The zero-order valence-electron chi connectivity index (χ0n) is 31.8. The van der Waals surface area contributed by atoms with E-state index in [4.69, 9.17) is 2.74 Å². The van der Waals surface area contributed by atoms with E-state index in [1.54, 1.807) is 0 Å². The topological polar surface area (TPSA) is 0 Å². The fraction of sp³-hybridized carbons (Fsp3) is 0. The molecule has 9 aromatic carbocycles. The van der Waals surface area contributed by atoms with E-state index in [0.29, 0.717) is 44.2 Å². The van der Waals surface area contributed by atoms with E-state index in [-0.39, 0.29) is 53.1 Å². The SMILES string of the molecule is [2H]c1c([2H])c([2H])c2c(-c3ccc(-c4cccc5ccccc45)cc3)c3c([2H])c(-c4ccccc4)c([2H])c([2H])c3c(-c3ccc4ccccc4c3)c2c1[2H]. The van der Waals surface area contributed by atoms with Gasteiger partial charge in [0.2, 0.25) is 0 Å². The zero-order chi connectivity index (χ0) is 36.5. The summed E-state index contributed by atoms with van der Waals surface area (Å²) in [6, 6.07) is 43.7. The molecule has 9 rings (SSSR count). The van der Waals surface area contributed by atoms with Gasteiger partial charge in [0.1, 0.15) is 0 Å². The molecule has 0 radical (unpaired) electrons. The molecule has 0 amide bonds. The van der Waals surface area contributed by atoms with Crippen molar-refractivity contribution < 1.29 is 9.60 Å². The number of hydrogen-bond acceptors (Lipinski definition) is 0. The molecule has 46 heavy (non-hydrogen) atoms. The lowest BCUT2D eigenvalue weighted by molar-refractivity contribution is 1.62.